The Morgan fingerprint density at radius 1 is 1.25 bits per heavy atom. The molecule has 8 nitrogen and oxygen atoms in total. The Kier molecular flexibility index (Phi) is 7.87. The van der Waals surface area contributed by atoms with Gasteiger partial charge in [0, 0.05) is 0 Å². The Hall–Kier alpha value is -2.08. The minimum absolute atomic E-state index is 0.210. The third-order valence-electron chi connectivity index (χ3n) is 3.35. The smallest absolute Gasteiger partial charge is 0.343 e. The predicted octanol–water partition coefficient (Wildman–Crippen LogP) is 2.83. The number of hydrogen-bond donors (Lipinski definition) is 0. The van der Waals surface area contributed by atoms with E-state index in [9.17, 15) is 19.2 Å². The van der Waals surface area contributed by atoms with Gasteiger partial charge < -0.3 is 14.2 Å². The van der Waals surface area contributed by atoms with Gasteiger partial charge in [-0.15, -0.1) is 0 Å². The third kappa shape index (κ3) is 5.96. The first kappa shape index (κ1) is 22.2. The van der Waals surface area contributed by atoms with Crippen molar-refractivity contribution in [2.75, 3.05) is 20.3 Å². The van der Waals surface area contributed by atoms with Gasteiger partial charge in [-0.2, -0.15) is 0 Å². The second-order valence-electron chi connectivity index (χ2n) is 5.86. The Bertz CT molecular complexity index is 837. The number of thioether (sulfide) groups is 1. The van der Waals surface area contributed by atoms with Crippen molar-refractivity contribution in [3.63, 3.8) is 0 Å². The highest BCUT2D eigenvalue weighted by Crippen LogP contribution is 2.33. The number of amides is 2. The Morgan fingerprint density at radius 2 is 1.96 bits per heavy atom. The van der Waals surface area contributed by atoms with Crippen molar-refractivity contribution in [1.29, 1.82) is 0 Å². The molecule has 1 aromatic carbocycles. The summed E-state index contributed by atoms with van der Waals surface area (Å²) in [5, 5.41) is -0.523. The van der Waals surface area contributed by atoms with Crippen LogP contribution in [0.2, 0.25) is 0 Å². The van der Waals surface area contributed by atoms with E-state index in [2.05, 4.69) is 4.74 Å². The van der Waals surface area contributed by atoms with E-state index in [0.717, 1.165) is 20.2 Å². The molecule has 1 saturated heterocycles. The lowest BCUT2D eigenvalue weighted by Gasteiger charge is -2.13. The lowest BCUT2D eigenvalue weighted by atomic mass is 10.2. The summed E-state index contributed by atoms with van der Waals surface area (Å²) in [4.78, 5) is 48.5. The van der Waals surface area contributed by atoms with Crippen molar-refractivity contribution in [3.05, 3.63) is 32.2 Å². The SMILES string of the molecule is COC(=O)COc1ccc(/C=C2/SC(=O)N(CC(=O)OC(C)C)C2=O)cc1I. The van der Waals surface area contributed by atoms with E-state index >= 15 is 0 Å². The average molecular weight is 519 g/mol. The molecule has 2 amide bonds. The van der Waals surface area contributed by atoms with Crippen molar-refractivity contribution in [1.82, 2.24) is 4.90 Å². The molecule has 0 aliphatic carbocycles. The van der Waals surface area contributed by atoms with Gasteiger partial charge >= 0.3 is 11.9 Å². The summed E-state index contributed by atoms with van der Waals surface area (Å²) in [5.41, 5.74) is 0.671. The first-order valence-corrected chi connectivity index (χ1v) is 10.0. The fourth-order valence-electron chi connectivity index (χ4n) is 2.14. The standard InChI is InChI=1S/C18H18INO7S/c1-10(2)27-15(21)8-20-17(23)14(28-18(20)24)7-11-4-5-13(12(19)6-11)26-9-16(22)25-3/h4-7,10H,8-9H2,1-3H3/b14-7+. The molecular weight excluding hydrogens is 501 g/mol. The number of carbonyl (C=O) groups excluding carboxylic acids is 4. The van der Waals surface area contributed by atoms with E-state index in [0.29, 0.717) is 11.3 Å². The van der Waals surface area contributed by atoms with Gasteiger partial charge in [-0.1, -0.05) is 6.07 Å². The zero-order chi connectivity index (χ0) is 20.8. The summed E-state index contributed by atoms with van der Waals surface area (Å²) in [6.45, 7) is 2.74. The van der Waals surface area contributed by atoms with Crippen LogP contribution in [0.4, 0.5) is 4.79 Å². The molecule has 2 rings (SSSR count). The number of methoxy groups -OCH3 is 1. The Labute approximate surface area is 179 Å². The largest absolute Gasteiger partial charge is 0.481 e. The summed E-state index contributed by atoms with van der Waals surface area (Å²) in [6, 6.07) is 5.09. The minimum atomic E-state index is -0.639. The maximum Gasteiger partial charge on any atom is 0.343 e. The highest BCUT2D eigenvalue weighted by atomic mass is 127. The maximum atomic E-state index is 12.4. The molecule has 28 heavy (non-hydrogen) atoms. The van der Waals surface area contributed by atoms with E-state index < -0.39 is 29.6 Å². The summed E-state index contributed by atoms with van der Waals surface area (Å²) >= 11 is 2.80. The Morgan fingerprint density at radius 3 is 2.57 bits per heavy atom. The number of esters is 2. The molecule has 1 heterocycles. The number of rotatable bonds is 7. The molecule has 1 aromatic rings. The van der Waals surface area contributed by atoms with Gasteiger partial charge in [0.25, 0.3) is 11.1 Å². The summed E-state index contributed by atoms with van der Waals surface area (Å²) in [7, 11) is 1.27. The van der Waals surface area contributed by atoms with Crippen molar-refractivity contribution in [2.24, 2.45) is 0 Å². The van der Waals surface area contributed by atoms with Gasteiger partial charge in [-0.05, 0) is 72.0 Å². The highest BCUT2D eigenvalue weighted by molar-refractivity contribution is 14.1. The van der Waals surface area contributed by atoms with Crippen LogP contribution in [0, 0.1) is 3.57 Å². The van der Waals surface area contributed by atoms with Gasteiger partial charge in [-0.25, -0.2) is 4.79 Å². The maximum absolute atomic E-state index is 12.4. The molecular formula is C18H18INO7S. The average Bonchev–Trinajstić information content (AvgIpc) is 2.87. The molecule has 1 aliphatic rings. The number of imide groups is 1. The molecule has 0 aromatic heterocycles. The van der Waals surface area contributed by atoms with E-state index in [1.165, 1.54) is 7.11 Å². The molecule has 0 atom stereocenters. The third-order valence-corrected chi connectivity index (χ3v) is 5.11. The summed E-state index contributed by atoms with van der Waals surface area (Å²) in [5.74, 6) is -1.19. The van der Waals surface area contributed by atoms with Crippen molar-refractivity contribution in [3.8, 4) is 5.75 Å². The molecule has 0 radical (unpaired) electrons. The van der Waals surface area contributed by atoms with Crippen LogP contribution in [0.25, 0.3) is 6.08 Å². The van der Waals surface area contributed by atoms with E-state index in [1.54, 1.807) is 38.1 Å². The topological polar surface area (TPSA) is 99.2 Å². The lowest BCUT2D eigenvalue weighted by molar-refractivity contribution is -0.149. The van der Waals surface area contributed by atoms with Crippen LogP contribution >= 0.6 is 34.4 Å². The molecule has 150 valence electrons. The molecule has 0 spiro atoms. The van der Waals surface area contributed by atoms with Crippen LogP contribution in [0.5, 0.6) is 5.75 Å². The zero-order valence-corrected chi connectivity index (χ0v) is 18.4. The monoisotopic (exact) mass is 519 g/mol. The quantitative estimate of drug-likeness (QED) is 0.308. The Balaban J connectivity index is 2.09. The predicted molar refractivity (Wildman–Crippen MR) is 111 cm³/mol. The van der Waals surface area contributed by atoms with Gasteiger partial charge in [0.15, 0.2) is 6.61 Å². The van der Waals surface area contributed by atoms with Crippen molar-refractivity contribution < 1.29 is 33.4 Å². The fourth-order valence-corrected chi connectivity index (χ4v) is 3.67. The number of carbonyl (C=O) groups is 4. The molecule has 0 bridgehead atoms. The zero-order valence-electron chi connectivity index (χ0n) is 15.4. The van der Waals surface area contributed by atoms with E-state index in [4.69, 9.17) is 9.47 Å². The molecule has 1 aliphatic heterocycles. The summed E-state index contributed by atoms with van der Waals surface area (Å²) < 4.78 is 15.6. The van der Waals surface area contributed by atoms with Gasteiger partial charge in [0.1, 0.15) is 12.3 Å². The normalized spacial score (nSPS) is 15.3. The van der Waals surface area contributed by atoms with Gasteiger partial charge in [0.05, 0.1) is 21.7 Å². The molecule has 1 fully saturated rings. The van der Waals surface area contributed by atoms with Crippen LogP contribution in [0.1, 0.15) is 19.4 Å². The lowest BCUT2D eigenvalue weighted by Crippen LogP contribution is -2.35. The number of nitrogens with zero attached hydrogens (tertiary/aromatic N) is 1. The fraction of sp³-hybridized carbons (Fsp3) is 0.333. The van der Waals surface area contributed by atoms with E-state index in [-0.39, 0.29) is 17.6 Å². The minimum Gasteiger partial charge on any atom is -0.481 e. The van der Waals surface area contributed by atoms with Crippen LogP contribution in [0.15, 0.2) is 23.1 Å². The van der Waals surface area contributed by atoms with Crippen LogP contribution in [0.3, 0.4) is 0 Å². The number of hydrogen-bond acceptors (Lipinski definition) is 8. The van der Waals surface area contributed by atoms with Crippen LogP contribution in [-0.4, -0.2) is 54.4 Å². The highest BCUT2D eigenvalue weighted by Gasteiger charge is 2.36. The number of benzene rings is 1. The van der Waals surface area contributed by atoms with Crippen molar-refractivity contribution in [2.45, 2.75) is 20.0 Å². The second-order valence-corrected chi connectivity index (χ2v) is 8.02. The van der Waals surface area contributed by atoms with Crippen molar-refractivity contribution >= 4 is 63.5 Å². The first-order chi connectivity index (χ1) is 13.2. The first-order valence-electron chi connectivity index (χ1n) is 8.15. The summed E-state index contributed by atoms with van der Waals surface area (Å²) in [6.07, 6.45) is 1.23. The van der Waals surface area contributed by atoms with Crippen LogP contribution in [-0.2, 0) is 23.9 Å². The second kappa shape index (κ2) is 9.92. The van der Waals surface area contributed by atoms with E-state index in [1.807, 2.05) is 22.6 Å². The molecule has 0 unspecified atom stereocenters. The van der Waals surface area contributed by atoms with Gasteiger partial charge in [-0.3, -0.25) is 19.3 Å². The number of ether oxygens (including phenoxy) is 3. The van der Waals surface area contributed by atoms with Crippen LogP contribution < -0.4 is 4.74 Å². The molecule has 0 N–H and O–H groups in total. The van der Waals surface area contributed by atoms with Gasteiger partial charge in [0.2, 0.25) is 0 Å². The molecule has 10 heteroatoms. The number of halogens is 1. The molecule has 0 saturated carbocycles.